The van der Waals surface area contributed by atoms with E-state index in [0.717, 1.165) is 12.1 Å². The number of para-hydroxylation sites is 1. The minimum absolute atomic E-state index is 0.0943. The van der Waals surface area contributed by atoms with E-state index in [1.54, 1.807) is 6.08 Å². The van der Waals surface area contributed by atoms with E-state index in [1.807, 2.05) is 41.3 Å². The lowest BCUT2D eigenvalue weighted by atomic mass is 10.0. The molecular formula is C14H17NO. The van der Waals surface area contributed by atoms with E-state index in [0.29, 0.717) is 5.92 Å². The fraction of sp³-hybridized carbons (Fsp3) is 0.357. The Morgan fingerprint density at radius 3 is 2.56 bits per heavy atom. The zero-order valence-electron chi connectivity index (χ0n) is 9.76. The summed E-state index contributed by atoms with van der Waals surface area (Å²) in [4.78, 5) is 13.7. The normalized spacial score (nSPS) is 19.8. The Kier molecular flexibility index (Phi) is 3.09. The summed E-state index contributed by atoms with van der Waals surface area (Å²) in [7, 11) is 0. The van der Waals surface area contributed by atoms with Crippen molar-refractivity contribution in [3.05, 3.63) is 42.5 Å². The molecule has 2 rings (SSSR count). The first kappa shape index (κ1) is 10.9. The van der Waals surface area contributed by atoms with Crippen molar-refractivity contribution in [2.45, 2.75) is 26.3 Å². The van der Waals surface area contributed by atoms with Gasteiger partial charge in [-0.2, -0.15) is 0 Å². The molecule has 0 spiro atoms. The molecule has 1 aromatic rings. The number of nitrogens with zero attached hydrogens (tertiary/aromatic N) is 1. The molecule has 2 heteroatoms. The molecule has 0 N–H and O–H groups in total. The topological polar surface area (TPSA) is 20.3 Å². The van der Waals surface area contributed by atoms with Gasteiger partial charge in [-0.3, -0.25) is 4.79 Å². The first-order valence-electron chi connectivity index (χ1n) is 5.75. The summed E-state index contributed by atoms with van der Waals surface area (Å²) in [5.41, 5.74) is 0.989. The number of carbonyl (C=O) groups excluding carboxylic acids is 1. The van der Waals surface area contributed by atoms with Crippen LogP contribution >= 0.6 is 0 Å². The molecule has 2 nitrogen and oxygen atoms in total. The van der Waals surface area contributed by atoms with Gasteiger partial charge in [-0.15, -0.1) is 0 Å². The fourth-order valence-electron chi connectivity index (χ4n) is 2.10. The minimum atomic E-state index is 0.0943. The third kappa shape index (κ3) is 2.16. The number of hydrogen-bond acceptors (Lipinski definition) is 1. The van der Waals surface area contributed by atoms with Crippen molar-refractivity contribution in [1.82, 2.24) is 0 Å². The van der Waals surface area contributed by atoms with Crippen molar-refractivity contribution in [2.24, 2.45) is 5.92 Å². The second-order valence-corrected chi connectivity index (χ2v) is 4.60. The molecule has 0 aliphatic carbocycles. The quantitative estimate of drug-likeness (QED) is 0.759. The van der Waals surface area contributed by atoms with Gasteiger partial charge in [0.05, 0.1) is 6.04 Å². The maximum Gasteiger partial charge on any atom is 0.251 e. The highest BCUT2D eigenvalue weighted by atomic mass is 16.2. The molecule has 1 atom stereocenters. The summed E-state index contributed by atoms with van der Waals surface area (Å²) in [6, 6.07) is 10.1. The van der Waals surface area contributed by atoms with Gasteiger partial charge in [-0.05, 0) is 24.5 Å². The average Bonchev–Trinajstić information content (AvgIpc) is 2.60. The Bertz CT molecular complexity index is 394. The van der Waals surface area contributed by atoms with Crippen molar-refractivity contribution < 1.29 is 4.79 Å². The molecule has 0 saturated carbocycles. The fourth-order valence-corrected chi connectivity index (χ4v) is 2.10. The van der Waals surface area contributed by atoms with Gasteiger partial charge in [-0.25, -0.2) is 0 Å². The van der Waals surface area contributed by atoms with Gasteiger partial charge in [0.1, 0.15) is 0 Å². The Balaban J connectivity index is 2.22. The maximum atomic E-state index is 11.8. The zero-order chi connectivity index (χ0) is 11.5. The van der Waals surface area contributed by atoms with Crippen molar-refractivity contribution in [3.8, 4) is 0 Å². The van der Waals surface area contributed by atoms with Crippen LogP contribution in [-0.2, 0) is 4.79 Å². The SMILES string of the molecule is CC(C)CC1C=CC(=O)N1c1ccccc1. The monoisotopic (exact) mass is 215 g/mol. The number of hydrogen-bond donors (Lipinski definition) is 0. The van der Waals surface area contributed by atoms with Crippen LogP contribution < -0.4 is 4.90 Å². The van der Waals surface area contributed by atoms with Gasteiger partial charge < -0.3 is 4.90 Å². The Morgan fingerprint density at radius 2 is 1.94 bits per heavy atom. The summed E-state index contributed by atoms with van der Waals surface area (Å²) in [6.07, 6.45) is 4.70. The maximum absolute atomic E-state index is 11.8. The summed E-state index contributed by atoms with van der Waals surface area (Å²) >= 11 is 0. The van der Waals surface area contributed by atoms with Crippen LogP contribution in [0.15, 0.2) is 42.5 Å². The third-order valence-corrected chi connectivity index (χ3v) is 2.78. The highest BCUT2D eigenvalue weighted by molar-refractivity contribution is 6.04. The Labute approximate surface area is 96.6 Å². The molecule has 0 radical (unpaired) electrons. The summed E-state index contributed by atoms with van der Waals surface area (Å²) < 4.78 is 0. The molecule has 1 amide bonds. The molecule has 16 heavy (non-hydrogen) atoms. The first-order chi connectivity index (χ1) is 7.68. The van der Waals surface area contributed by atoms with Crippen molar-refractivity contribution >= 4 is 11.6 Å². The van der Waals surface area contributed by atoms with E-state index >= 15 is 0 Å². The largest absolute Gasteiger partial charge is 0.302 e. The van der Waals surface area contributed by atoms with Crippen LogP contribution in [0.4, 0.5) is 5.69 Å². The summed E-state index contributed by atoms with van der Waals surface area (Å²) in [6.45, 7) is 4.36. The second kappa shape index (κ2) is 4.52. The van der Waals surface area contributed by atoms with E-state index < -0.39 is 0 Å². The van der Waals surface area contributed by atoms with Crippen LogP contribution in [0.25, 0.3) is 0 Å². The van der Waals surface area contributed by atoms with E-state index in [4.69, 9.17) is 0 Å². The number of anilines is 1. The van der Waals surface area contributed by atoms with Gasteiger partial charge in [-0.1, -0.05) is 38.1 Å². The second-order valence-electron chi connectivity index (χ2n) is 4.60. The molecule has 1 heterocycles. The molecular weight excluding hydrogens is 198 g/mol. The van der Waals surface area contributed by atoms with Crippen molar-refractivity contribution in [3.63, 3.8) is 0 Å². The lowest BCUT2D eigenvalue weighted by Gasteiger charge is -2.26. The Morgan fingerprint density at radius 1 is 1.25 bits per heavy atom. The number of amides is 1. The van der Waals surface area contributed by atoms with Crippen molar-refractivity contribution in [2.75, 3.05) is 4.90 Å². The lowest BCUT2D eigenvalue weighted by Crippen LogP contribution is -2.34. The molecule has 1 aliphatic rings. The van der Waals surface area contributed by atoms with E-state index in [2.05, 4.69) is 13.8 Å². The van der Waals surface area contributed by atoms with E-state index in [-0.39, 0.29) is 11.9 Å². The molecule has 84 valence electrons. The van der Waals surface area contributed by atoms with E-state index in [1.165, 1.54) is 0 Å². The third-order valence-electron chi connectivity index (χ3n) is 2.78. The predicted octanol–water partition coefficient (Wildman–Crippen LogP) is 3.00. The van der Waals surface area contributed by atoms with Crippen LogP contribution in [0.2, 0.25) is 0 Å². The smallest absolute Gasteiger partial charge is 0.251 e. The van der Waals surface area contributed by atoms with Crippen LogP contribution in [0, 0.1) is 5.92 Å². The zero-order valence-corrected chi connectivity index (χ0v) is 9.76. The van der Waals surface area contributed by atoms with Crippen LogP contribution in [0.3, 0.4) is 0 Å². The summed E-state index contributed by atoms with van der Waals surface area (Å²) in [5.74, 6) is 0.684. The highest BCUT2D eigenvalue weighted by Crippen LogP contribution is 2.25. The van der Waals surface area contributed by atoms with Gasteiger partial charge in [0.25, 0.3) is 5.91 Å². The predicted molar refractivity (Wildman–Crippen MR) is 66.3 cm³/mol. The highest BCUT2D eigenvalue weighted by Gasteiger charge is 2.27. The molecule has 1 unspecified atom stereocenters. The lowest BCUT2D eigenvalue weighted by molar-refractivity contribution is -0.113. The first-order valence-corrected chi connectivity index (χ1v) is 5.75. The van der Waals surface area contributed by atoms with Gasteiger partial charge >= 0.3 is 0 Å². The molecule has 1 aromatic carbocycles. The number of benzene rings is 1. The average molecular weight is 215 g/mol. The van der Waals surface area contributed by atoms with Crippen LogP contribution in [0.1, 0.15) is 20.3 Å². The molecule has 0 fully saturated rings. The van der Waals surface area contributed by atoms with Crippen LogP contribution in [-0.4, -0.2) is 11.9 Å². The van der Waals surface area contributed by atoms with Crippen molar-refractivity contribution in [1.29, 1.82) is 0 Å². The molecule has 1 aliphatic heterocycles. The Hall–Kier alpha value is -1.57. The summed E-state index contributed by atoms with van der Waals surface area (Å²) in [5, 5.41) is 0. The molecule has 0 aromatic heterocycles. The van der Waals surface area contributed by atoms with Crippen LogP contribution in [0.5, 0.6) is 0 Å². The standard InChI is InChI=1S/C14H17NO/c1-11(2)10-13-8-9-14(16)15(13)12-6-4-3-5-7-12/h3-9,11,13H,10H2,1-2H3. The number of rotatable bonds is 3. The molecule has 0 saturated heterocycles. The minimum Gasteiger partial charge on any atom is -0.302 e. The molecule has 0 bridgehead atoms. The van der Waals surface area contributed by atoms with Gasteiger partial charge in [0.2, 0.25) is 0 Å². The van der Waals surface area contributed by atoms with E-state index in [9.17, 15) is 4.79 Å². The number of carbonyl (C=O) groups is 1. The van der Waals surface area contributed by atoms with Gasteiger partial charge in [0.15, 0.2) is 0 Å². The van der Waals surface area contributed by atoms with Gasteiger partial charge in [0, 0.05) is 11.8 Å².